The summed E-state index contributed by atoms with van der Waals surface area (Å²) >= 11 is 0. The van der Waals surface area contributed by atoms with E-state index in [4.69, 9.17) is 14.2 Å². The Kier molecular flexibility index (Phi) is 62.4. The van der Waals surface area contributed by atoms with Gasteiger partial charge in [0.15, 0.2) is 6.10 Å². The van der Waals surface area contributed by atoms with Crippen LogP contribution in [-0.2, 0) is 28.6 Å². The average molecular weight is 1100 g/mol. The molecule has 0 saturated carbocycles. The third-order valence-electron chi connectivity index (χ3n) is 13.2. The van der Waals surface area contributed by atoms with E-state index in [0.717, 1.165) is 141 Å². The summed E-state index contributed by atoms with van der Waals surface area (Å²) < 4.78 is 16.8. The first-order valence-corrected chi connectivity index (χ1v) is 32.5. The lowest BCUT2D eigenvalue weighted by molar-refractivity contribution is -0.167. The minimum atomic E-state index is -0.817. The fraction of sp³-hybridized carbons (Fsp3) is 0.608. The summed E-state index contributed by atoms with van der Waals surface area (Å²) in [5, 5.41) is 0. The van der Waals surface area contributed by atoms with E-state index in [-0.39, 0.29) is 37.5 Å². The zero-order valence-corrected chi connectivity index (χ0v) is 51.5. The third kappa shape index (κ3) is 63.9. The first kappa shape index (κ1) is 75.0. The van der Waals surface area contributed by atoms with Crippen LogP contribution in [-0.4, -0.2) is 37.2 Å². The van der Waals surface area contributed by atoms with Crippen LogP contribution in [0.5, 0.6) is 0 Å². The molecule has 450 valence electrons. The Morgan fingerprint density at radius 2 is 0.525 bits per heavy atom. The summed E-state index contributed by atoms with van der Waals surface area (Å²) in [5.74, 6) is -0.993. The minimum Gasteiger partial charge on any atom is -0.462 e. The van der Waals surface area contributed by atoms with Crippen LogP contribution in [0.1, 0.15) is 271 Å². The van der Waals surface area contributed by atoms with Crippen LogP contribution < -0.4 is 0 Å². The largest absolute Gasteiger partial charge is 0.462 e. The predicted molar refractivity (Wildman–Crippen MR) is 348 cm³/mol. The van der Waals surface area contributed by atoms with Gasteiger partial charge in [0, 0.05) is 19.3 Å². The predicted octanol–water partition coefficient (Wildman–Crippen LogP) is 22.5. The number of unbranched alkanes of at least 4 members (excludes halogenated alkanes) is 20. The second kappa shape index (κ2) is 66.5. The van der Waals surface area contributed by atoms with Crippen molar-refractivity contribution in [1.29, 1.82) is 0 Å². The number of ether oxygens (including phenoxy) is 3. The highest BCUT2D eigenvalue weighted by Gasteiger charge is 2.19. The van der Waals surface area contributed by atoms with Crippen molar-refractivity contribution in [1.82, 2.24) is 0 Å². The van der Waals surface area contributed by atoms with E-state index in [9.17, 15) is 14.4 Å². The van der Waals surface area contributed by atoms with Crippen LogP contribution in [0.3, 0.4) is 0 Å². The summed E-state index contributed by atoms with van der Waals surface area (Å²) in [7, 11) is 0. The fourth-order valence-electron chi connectivity index (χ4n) is 8.39. The summed E-state index contributed by atoms with van der Waals surface area (Å²) in [5.41, 5.74) is 0. The van der Waals surface area contributed by atoms with Crippen LogP contribution in [0.4, 0.5) is 0 Å². The first-order valence-electron chi connectivity index (χ1n) is 32.5. The number of hydrogen-bond acceptors (Lipinski definition) is 6. The highest BCUT2D eigenvalue weighted by Crippen LogP contribution is 2.14. The second-order valence-corrected chi connectivity index (χ2v) is 20.9. The number of carbonyl (C=O) groups is 3. The lowest BCUT2D eigenvalue weighted by atomic mass is 10.1. The van der Waals surface area contributed by atoms with Crippen molar-refractivity contribution < 1.29 is 28.6 Å². The van der Waals surface area contributed by atoms with Gasteiger partial charge in [0.1, 0.15) is 13.2 Å². The monoisotopic (exact) mass is 1100 g/mol. The molecule has 0 spiro atoms. The van der Waals surface area contributed by atoms with E-state index in [1.54, 1.807) is 0 Å². The molecule has 1 atom stereocenters. The van der Waals surface area contributed by atoms with Crippen molar-refractivity contribution in [2.75, 3.05) is 13.2 Å². The zero-order valence-electron chi connectivity index (χ0n) is 51.5. The number of allylic oxidation sites excluding steroid dienone is 26. The Morgan fingerprint density at radius 1 is 0.263 bits per heavy atom. The molecule has 0 amide bonds. The maximum absolute atomic E-state index is 12.9. The molecule has 0 N–H and O–H groups in total. The normalized spacial score (nSPS) is 13.2. The summed E-state index contributed by atoms with van der Waals surface area (Å²) in [6.45, 7) is 6.39. The number of hydrogen-bond donors (Lipinski definition) is 0. The molecule has 0 saturated heterocycles. The van der Waals surface area contributed by atoms with Crippen molar-refractivity contribution >= 4 is 17.9 Å². The van der Waals surface area contributed by atoms with Crippen molar-refractivity contribution in [3.63, 3.8) is 0 Å². The first-order chi connectivity index (χ1) is 39.5. The Bertz CT molecular complexity index is 1790. The Hall–Kier alpha value is -4.97. The Morgan fingerprint density at radius 3 is 0.875 bits per heavy atom. The van der Waals surface area contributed by atoms with Crippen LogP contribution >= 0.6 is 0 Å². The molecule has 80 heavy (non-hydrogen) atoms. The van der Waals surface area contributed by atoms with Gasteiger partial charge in [0.2, 0.25) is 0 Å². The van der Waals surface area contributed by atoms with Gasteiger partial charge >= 0.3 is 17.9 Å². The van der Waals surface area contributed by atoms with Crippen LogP contribution in [0, 0.1) is 0 Å². The van der Waals surface area contributed by atoms with Crippen molar-refractivity contribution in [3.05, 3.63) is 158 Å². The molecule has 0 aliphatic carbocycles. The van der Waals surface area contributed by atoms with Crippen LogP contribution in [0.2, 0.25) is 0 Å². The average Bonchev–Trinajstić information content (AvgIpc) is 3.46. The molecular weight excluding hydrogens is 985 g/mol. The van der Waals surface area contributed by atoms with Crippen molar-refractivity contribution in [3.8, 4) is 0 Å². The van der Waals surface area contributed by atoms with E-state index >= 15 is 0 Å². The van der Waals surface area contributed by atoms with Crippen LogP contribution in [0.25, 0.3) is 0 Å². The Balaban J connectivity index is 4.41. The molecule has 0 aromatic heterocycles. The molecule has 0 aliphatic rings. The minimum absolute atomic E-state index is 0.110. The van der Waals surface area contributed by atoms with E-state index in [0.29, 0.717) is 19.3 Å². The Labute approximate surface area is 492 Å². The fourth-order valence-corrected chi connectivity index (χ4v) is 8.39. The molecular formula is C74H118O6. The number of rotatable bonds is 57. The molecule has 0 aliphatic heterocycles. The van der Waals surface area contributed by atoms with Gasteiger partial charge in [0.05, 0.1) is 0 Å². The zero-order chi connectivity index (χ0) is 57.8. The lowest BCUT2D eigenvalue weighted by Crippen LogP contribution is -2.30. The molecule has 0 aromatic carbocycles. The van der Waals surface area contributed by atoms with Gasteiger partial charge in [-0.05, 0) is 141 Å². The van der Waals surface area contributed by atoms with Gasteiger partial charge in [-0.1, -0.05) is 269 Å². The molecule has 1 unspecified atom stereocenters. The smallest absolute Gasteiger partial charge is 0.306 e. The highest BCUT2D eigenvalue weighted by atomic mass is 16.6. The summed E-state index contributed by atoms with van der Waals surface area (Å²) in [6.07, 6.45) is 96.9. The molecule has 0 rings (SSSR count). The van der Waals surface area contributed by atoms with Crippen molar-refractivity contribution in [2.24, 2.45) is 0 Å². The topological polar surface area (TPSA) is 78.9 Å². The van der Waals surface area contributed by atoms with Gasteiger partial charge in [-0.3, -0.25) is 14.4 Å². The van der Waals surface area contributed by atoms with Gasteiger partial charge in [-0.25, -0.2) is 0 Å². The lowest BCUT2D eigenvalue weighted by Gasteiger charge is -2.18. The molecule has 0 fully saturated rings. The highest BCUT2D eigenvalue weighted by molar-refractivity contribution is 5.71. The standard InChI is InChI=1S/C74H118O6/c1-4-7-10-13-16-19-22-24-26-28-30-32-34-35-36-37-38-39-41-42-44-46-48-50-52-55-58-61-64-67-73(76)79-70-71(69-78-72(75)66-63-60-57-54-21-18-15-12-9-6-3)80-74(77)68-65-62-59-56-53-51-49-47-45-43-40-33-31-29-27-25-23-20-17-14-11-8-5-2/h7,10,12,15-16,19,23-26,29-32,35-36,38-40,42-44,48,50,55,58,71H,4-6,8-9,11,13-14,17-18,20-22,27-28,33-34,37,41,45-47,49,51-54,56-57,59-70H2,1-3H3/b10-7-,15-12-,19-16-,25-23-,26-24-,31-29-,32-30-,36-35-,39-38-,43-40-,44-42-,50-48-,58-55-. The van der Waals surface area contributed by atoms with Gasteiger partial charge in [-0.15, -0.1) is 0 Å². The van der Waals surface area contributed by atoms with Crippen LogP contribution in [0.15, 0.2) is 158 Å². The molecule has 6 heteroatoms. The molecule has 0 aromatic rings. The van der Waals surface area contributed by atoms with Crippen molar-refractivity contribution in [2.45, 2.75) is 277 Å². The van der Waals surface area contributed by atoms with E-state index in [2.05, 4.69) is 179 Å². The van der Waals surface area contributed by atoms with Gasteiger partial charge in [0.25, 0.3) is 0 Å². The summed E-state index contributed by atoms with van der Waals surface area (Å²) in [4.78, 5) is 38.2. The second-order valence-electron chi connectivity index (χ2n) is 20.9. The van der Waals surface area contributed by atoms with Gasteiger partial charge < -0.3 is 14.2 Å². The molecule has 0 radical (unpaired) electrons. The quantitative estimate of drug-likeness (QED) is 0.0261. The number of esters is 3. The van der Waals surface area contributed by atoms with E-state index < -0.39 is 6.10 Å². The van der Waals surface area contributed by atoms with E-state index in [1.165, 1.54) is 83.5 Å². The maximum atomic E-state index is 12.9. The molecule has 6 nitrogen and oxygen atoms in total. The third-order valence-corrected chi connectivity index (χ3v) is 13.2. The van der Waals surface area contributed by atoms with Gasteiger partial charge in [-0.2, -0.15) is 0 Å². The summed E-state index contributed by atoms with van der Waals surface area (Å²) in [6, 6.07) is 0. The SMILES string of the molecule is CC/C=C\C/C=C\C/C=C\C/C=C\C/C=C\C/C=C\C/C=C\C/C=C\C/C=C\CCCC(=O)OCC(COC(=O)CCCCCCC/C=C\CCC)OC(=O)CCCCCCCCCC/C=C\C/C=C\C/C=C\CCCCCCC. The van der Waals surface area contributed by atoms with E-state index in [1.807, 2.05) is 0 Å². The molecule has 0 heterocycles. The number of carbonyl (C=O) groups excluding carboxylic acids is 3. The maximum Gasteiger partial charge on any atom is 0.306 e. The molecule has 0 bridgehead atoms.